The molecule has 0 aliphatic carbocycles. The number of carboxylic acid groups (broad SMARTS) is 2. The number of carboxylic acids is 2. The number of fused-ring (bicyclic) bond motifs is 1. The Bertz CT molecular complexity index is 1540. The van der Waals surface area contributed by atoms with Crippen molar-refractivity contribution in [3.8, 4) is 5.75 Å². The molecule has 0 fully saturated rings. The van der Waals surface area contributed by atoms with Gasteiger partial charge in [-0.1, -0.05) is 74.4 Å². The fraction of sp³-hybridized carbons (Fsp3) is 0.400. The van der Waals surface area contributed by atoms with E-state index in [-0.39, 0.29) is 18.6 Å². The summed E-state index contributed by atoms with van der Waals surface area (Å²) in [5.74, 6) is -4.31. The second kappa shape index (κ2) is 17.0. The lowest BCUT2D eigenvalue weighted by molar-refractivity contribution is -0.159. The van der Waals surface area contributed by atoms with Gasteiger partial charge in [-0.3, -0.25) is 9.59 Å². The molecule has 0 saturated carbocycles. The fourth-order valence-corrected chi connectivity index (χ4v) is 4.73. The first-order chi connectivity index (χ1) is 22.3. The topological polar surface area (TPSA) is 180 Å². The first-order valence-electron chi connectivity index (χ1n) is 15.5. The van der Waals surface area contributed by atoms with E-state index in [1.165, 1.54) is 12.1 Å². The quantitative estimate of drug-likeness (QED) is 0.112. The van der Waals surface area contributed by atoms with Gasteiger partial charge in [-0.25, -0.2) is 14.4 Å². The molecule has 0 aromatic heterocycles. The van der Waals surface area contributed by atoms with Crippen molar-refractivity contribution in [2.24, 2.45) is 0 Å². The second-order valence-corrected chi connectivity index (χ2v) is 12.2. The summed E-state index contributed by atoms with van der Waals surface area (Å²) < 4.78 is 10.5. The molecule has 5 N–H and O–H groups in total. The molecular weight excluding hydrogens is 606 g/mol. The maximum atomic E-state index is 13.8. The van der Waals surface area contributed by atoms with E-state index in [0.717, 1.165) is 35.6 Å². The van der Waals surface area contributed by atoms with Gasteiger partial charge < -0.3 is 35.6 Å². The molecule has 3 amide bonds. The highest BCUT2D eigenvalue weighted by Gasteiger charge is 2.30. The minimum absolute atomic E-state index is 0.00478. The number of unbranched alkanes of at least 4 members (excludes halogenated alkanes) is 2. The van der Waals surface area contributed by atoms with Crippen molar-refractivity contribution in [3.05, 3.63) is 77.9 Å². The van der Waals surface area contributed by atoms with E-state index in [4.69, 9.17) is 19.7 Å². The van der Waals surface area contributed by atoms with Crippen molar-refractivity contribution in [1.29, 1.82) is 0 Å². The zero-order valence-corrected chi connectivity index (χ0v) is 27.1. The Balaban J connectivity index is 1.84. The number of alkyl carbamates (subject to hydrolysis) is 1. The fourth-order valence-electron chi connectivity index (χ4n) is 4.73. The first-order valence-corrected chi connectivity index (χ1v) is 15.5. The van der Waals surface area contributed by atoms with E-state index in [2.05, 4.69) is 16.0 Å². The summed E-state index contributed by atoms with van der Waals surface area (Å²) in [5, 5.41) is 28.5. The number of rotatable bonds is 16. The standard InChI is InChI=1S/C35H43N3O9/c1-5-6-9-18-36-30(39)27(20-22-13-16-26(17-14-22)46-29(32(41)42)33(43)44)37-31(40)28(38-34(45)47-35(2,3)4)21-23-12-15-24-10-7-8-11-25(24)19-23/h7-8,10-17,19,27-29H,5-6,9,18,20-21H2,1-4H3,(H,36,39)(H,37,40)(H,38,45)(H,41,42)(H,43,44)/t27-,28-/m0/s1. The van der Waals surface area contributed by atoms with Crippen LogP contribution in [0.5, 0.6) is 5.75 Å². The molecule has 12 heteroatoms. The average Bonchev–Trinajstić information content (AvgIpc) is 3.00. The SMILES string of the molecule is CCCCCNC(=O)[C@H](Cc1ccc(OC(C(=O)O)C(=O)O)cc1)NC(=O)[C@H](Cc1ccc2ccccc2c1)NC(=O)OC(C)(C)C. The highest BCUT2D eigenvalue weighted by Crippen LogP contribution is 2.18. The van der Waals surface area contributed by atoms with Gasteiger partial charge in [0.05, 0.1) is 0 Å². The molecule has 252 valence electrons. The van der Waals surface area contributed by atoms with Crippen LogP contribution in [0.15, 0.2) is 66.7 Å². The molecule has 0 radical (unpaired) electrons. The summed E-state index contributed by atoms with van der Waals surface area (Å²) in [7, 11) is 0. The Labute approximate surface area is 273 Å². The van der Waals surface area contributed by atoms with Crippen LogP contribution in [0.25, 0.3) is 10.8 Å². The summed E-state index contributed by atoms with van der Waals surface area (Å²) in [4.78, 5) is 62.4. The van der Waals surface area contributed by atoms with E-state index < -0.39 is 53.6 Å². The minimum Gasteiger partial charge on any atom is -0.478 e. The molecule has 3 aromatic rings. The second-order valence-electron chi connectivity index (χ2n) is 12.2. The maximum absolute atomic E-state index is 13.8. The zero-order chi connectivity index (χ0) is 34.6. The van der Waals surface area contributed by atoms with Crippen molar-refractivity contribution >= 4 is 40.6 Å². The number of amides is 3. The summed E-state index contributed by atoms with van der Waals surface area (Å²) in [6, 6.07) is 17.3. The third-order valence-electron chi connectivity index (χ3n) is 7.04. The van der Waals surface area contributed by atoms with Crippen molar-refractivity contribution in [3.63, 3.8) is 0 Å². The van der Waals surface area contributed by atoms with Gasteiger partial charge in [0.1, 0.15) is 23.4 Å². The number of hydrogen-bond acceptors (Lipinski definition) is 7. The lowest BCUT2D eigenvalue weighted by atomic mass is 10.00. The third kappa shape index (κ3) is 12.0. The van der Waals surface area contributed by atoms with Crippen molar-refractivity contribution in [1.82, 2.24) is 16.0 Å². The van der Waals surface area contributed by atoms with Gasteiger partial charge in [0, 0.05) is 19.4 Å². The van der Waals surface area contributed by atoms with Gasteiger partial charge in [-0.15, -0.1) is 0 Å². The summed E-state index contributed by atoms with van der Waals surface area (Å²) in [5.41, 5.74) is 0.566. The zero-order valence-electron chi connectivity index (χ0n) is 27.1. The molecule has 0 aliphatic heterocycles. The first kappa shape index (κ1) is 36.3. The van der Waals surface area contributed by atoms with E-state index in [0.29, 0.717) is 12.1 Å². The summed E-state index contributed by atoms with van der Waals surface area (Å²) in [6.45, 7) is 7.59. The molecule has 3 aromatic carbocycles. The third-order valence-corrected chi connectivity index (χ3v) is 7.04. The lowest BCUT2D eigenvalue weighted by Gasteiger charge is -2.25. The average molecular weight is 650 g/mol. The number of carbonyl (C=O) groups is 5. The van der Waals surface area contributed by atoms with Crippen molar-refractivity contribution < 1.29 is 43.7 Å². The van der Waals surface area contributed by atoms with Gasteiger partial charge in [0.2, 0.25) is 11.8 Å². The molecule has 0 aliphatic rings. The molecule has 0 bridgehead atoms. The van der Waals surface area contributed by atoms with Gasteiger partial charge in [0.15, 0.2) is 0 Å². The van der Waals surface area contributed by atoms with Crippen molar-refractivity contribution in [2.75, 3.05) is 6.54 Å². The maximum Gasteiger partial charge on any atom is 0.408 e. The van der Waals surface area contributed by atoms with Crippen LogP contribution in [0.1, 0.15) is 58.1 Å². The number of hydrogen-bond donors (Lipinski definition) is 5. The highest BCUT2D eigenvalue weighted by molar-refractivity contribution is 5.96. The van der Waals surface area contributed by atoms with Crippen LogP contribution in [0.4, 0.5) is 4.79 Å². The van der Waals surface area contributed by atoms with E-state index in [1.54, 1.807) is 32.9 Å². The molecule has 0 saturated heterocycles. The Kier molecular flexibility index (Phi) is 13.1. The molecule has 0 heterocycles. The number of aliphatic carboxylic acids is 2. The van der Waals surface area contributed by atoms with Crippen LogP contribution in [-0.4, -0.2) is 70.4 Å². The van der Waals surface area contributed by atoms with Gasteiger partial charge >= 0.3 is 18.0 Å². The monoisotopic (exact) mass is 649 g/mol. The summed E-state index contributed by atoms with van der Waals surface area (Å²) >= 11 is 0. The number of nitrogens with one attached hydrogen (secondary N) is 3. The number of carbonyl (C=O) groups excluding carboxylic acids is 3. The van der Waals surface area contributed by atoms with E-state index in [1.807, 2.05) is 49.4 Å². The van der Waals surface area contributed by atoms with Crippen LogP contribution >= 0.6 is 0 Å². The van der Waals surface area contributed by atoms with Gasteiger partial charge in [-0.2, -0.15) is 0 Å². The Morgan fingerprint density at radius 1 is 0.745 bits per heavy atom. The summed E-state index contributed by atoms with van der Waals surface area (Å²) in [6.07, 6.45) is -0.0616. The van der Waals surface area contributed by atoms with E-state index in [9.17, 15) is 24.0 Å². The van der Waals surface area contributed by atoms with Crippen LogP contribution in [0, 0.1) is 0 Å². The minimum atomic E-state index is -2.08. The van der Waals surface area contributed by atoms with E-state index >= 15 is 0 Å². The van der Waals surface area contributed by atoms with Crippen molar-refractivity contribution in [2.45, 2.75) is 83.6 Å². The highest BCUT2D eigenvalue weighted by atomic mass is 16.6. The van der Waals surface area contributed by atoms with Crippen LogP contribution in [0.2, 0.25) is 0 Å². The number of benzene rings is 3. The van der Waals surface area contributed by atoms with Crippen LogP contribution < -0.4 is 20.7 Å². The van der Waals surface area contributed by atoms with Gasteiger partial charge in [0.25, 0.3) is 6.10 Å². The largest absolute Gasteiger partial charge is 0.478 e. The number of ether oxygens (including phenoxy) is 2. The predicted octanol–water partition coefficient (Wildman–Crippen LogP) is 4.23. The van der Waals surface area contributed by atoms with Crippen LogP contribution in [0.3, 0.4) is 0 Å². The Hall–Kier alpha value is -5.13. The Morgan fingerprint density at radius 2 is 1.34 bits per heavy atom. The molecule has 12 nitrogen and oxygen atoms in total. The Morgan fingerprint density at radius 3 is 1.96 bits per heavy atom. The normalized spacial score (nSPS) is 12.5. The predicted molar refractivity (Wildman–Crippen MR) is 175 cm³/mol. The molecule has 3 rings (SSSR count). The van der Waals surface area contributed by atoms with Gasteiger partial charge in [-0.05, 0) is 61.2 Å². The molecule has 0 unspecified atom stereocenters. The smallest absolute Gasteiger partial charge is 0.408 e. The molecule has 47 heavy (non-hydrogen) atoms. The molecule has 0 spiro atoms. The van der Waals surface area contributed by atoms with Crippen LogP contribution in [-0.2, 0) is 36.8 Å². The molecule has 2 atom stereocenters. The molecular formula is C35H43N3O9. The lowest BCUT2D eigenvalue weighted by Crippen LogP contribution is -2.55.